The van der Waals surface area contributed by atoms with Crippen LogP contribution in [0.1, 0.15) is 42.7 Å². The molecule has 1 unspecified atom stereocenters. The van der Waals surface area contributed by atoms with E-state index in [1.807, 2.05) is 30.3 Å². The van der Waals surface area contributed by atoms with Crippen molar-refractivity contribution in [2.24, 2.45) is 0 Å². The fraction of sp³-hybridized carbons (Fsp3) is 0.267. The number of aromatic nitrogens is 1. The van der Waals surface area contributed by atoms with Crippen LogP contribution in [0.25, 0.3) is 21.3 Å². The zero-order valence-corrected chi connectivity index (χ0v) is 22.3. The van der Waals surface area contributed by atoms with Gasteiger partial charge in [-0.05, 0) is 55.5 Å². The molecule has 7 nitrogen and oxygen atoms in total. The Bertz CT molecular complexity index is 1500. The number of carbonyl (C=O) groups excluding carboxylic acids is 3. The highest BCUT2D eigenvalue weighted by Gasteiger charge is 2.25. The fourth-order valence-electron chi connectivity index (χ4n) is 4.17. The van der Waals surface area contributed by atoms with E-state index >= 15 is 4.39 Å². The molecular formula is C30H29FN4O3S. The lowest BCUT2D eigenvalue weighted by molar-refractivity contribution is -0.126. The van der Waals surface area contributed by atoms with Gasteiger partial charge in [0.25, 0.3) is 0 Å². The molecule has 4 aromatic rings. The predicted octanol–water partition coefficient (Wildman–Crippen LogP) is 5.17. The molecule has 0 aliphatic heterocycles. The van der Waals surface area contributed by atoms with Crippen LogP contribution >= 0.6 is 11.3 Å². The van der Waals surface area contributed by atoms with Crippen molar-refractivity contribution in [3.8, 4) is 11.1 Å². The molecule has 1 aliphatic carbocycles. The average molecular weight is 545 g/mol. The molecular weight excluding hydrogens is 515 g/mol. The number of hydrogen-bond acceptors (Lipinski definition) is 5. The largest absolute Gasteiger partial charge is 0.352 e. The summed E-state index contributed by atoms with van der Waals surface area (Å²) in [6.45, 7) is 1.64. The van der Waals surface area contributed by atoms with Crippen LogP contribution in [0.4, 0.5) is 10.1 Å². The first-order valence-electron chi connectivity index (χ1n) is 13.0. The molecule has 1 aliphatic rings. The third kappa shape index (κ3) is 6.86. The second-order valence-corrected chi connectivity index (χ2v) is 10.8. The van der Waals surface area contributed by atoms with Crippen LogP contribution in [0.2, 0.25) is 0 Å². The Labute approximate surface area is 229 Å². The summed E-state index contributed by atoms with van der Waals surface area (Å²) in [5.74, 6) is -1.59. The molecule has 1 fully saturated rings. The molecule has 1 heterocycles. The Kier molecular flexibility index (Phi) is 7.97. The number of carbonyl (C=O) groups is 3. The van der Waals surface area contributed by atoms with Crippen molar-refractivity contribution in [2.45, 2.75) is 44.6 Å². The monoisotopic (exact) mass is 544 g/mol. The van der Waals surface area contributed by atoms with Crippen molar-refractivity contribution >= 4 is 45.0 Å². The first kappa shape index (κ1) is 26.5. The zero-order chi connectivity index (χ0) is 27.4. The third-order valence-corrected chi connectivity index (χ3v) is 7.79. The Hall–Kier alpha value is -4.11. The number of fused-ring (bicyclic) bond motifs is 1. The minimum atomic E-state index is -0.576. The molecule has 0 spiro atoms. The molecule has 1 saturated carbocycles. The van der Waals surface area contributed by atoms with Gasteiger partial charge in [-0.25, -0.2) is 9.37 Å². The molecule has 3 aromatic carbocycles. The highest BCUT2D eigenvalue weighted by atomic mass is 32.1. The summed E-state index contributed by atoms with van der Waals surface area (Å²) in [7, 11) is 0. The van der Waals surface area contributed by atoms with Gasteiger partial charge in [0.05, 0.1) is 22.7 Å². The minimum Gasteiger partial charge on any atom is -0.352 e. The van der Waals surface area contributed by atoms with Gasteiger partial charge in [0.1, 0.15) is 10.8 Å². The van der Waals surface area contributed by atoms with E-state index in [1.165, 1.54) is 17.4 Å². The van der Waals surface area contributed by atoms with Gasteiger partial charge in [0.2, 0.25) is 17.7 Å². The van der Waals surface area contributed by atoms with Gasteiger partial charge in [-0.15, -0.1) is 11.3 Å². The summed E-state index contributed by atoms with van der Waals surface area (Å²) < 4.78 is 15.8. The van der Waals surface area contributed by atoms with Gasteiger partial charge in [0, 0.05) is 29.8 Å². The van der Waals surface area contributed by atoms with Crippen LogP contribution in [-0.4, -0.2) is 35.3 Å². The molecule has 39 heavy (non-hydrogen) atoms. The quantitative estimate of drug-likeness (QED) is 0.256. The summed E-state index contributed by atoms with van der Waals surface area (Å²) in [5, 5.41) is 8.92. The van der Waals surface area contributed by atoms with E-state index < -0.39 is 11.7 Å². The average Bonchev–Trinajstić information content (AvgIpc) is 3.66. The maximum Gasteiger partial charge on any atom is 0.239 e. The Balaban J connectivity index is 1.22. The van der Waals surface area contributed by atoms with Crippen LogP contribution < -0.4 is 16.0 Å². The van der Waals surface area contributed by atoms with Crippen LogP contribution in [-0.2, 0) is 20.8 Å². The van der Waals surface area contributed by atoms with E-state index in [0.717, 1.165) is 23.1 Å². The molecule has 3 N–H and O–H groups in total. The number of nitrogens with one attached hydrogen (secondary N) is 3. The number of aryl methyl sites for hydroxylation is 1. The summed E-state index contributed by atoms with van der Waals surface area (Å²) in [5.41, 5.74) is 3.30. The van der Waals surface area contributed by atoms with Crippen molar-refractivity contribution in [2.75, 3.05) is 11.9 Å². The van der Waals surface area contributed by atoms with E-state index in [2.05, 4.69) is 20.9 Å². The number of benzene rings is 3. The van der Waals surface area contributed by atoms with Gasteiger partial charge < -0.3 is 16.0 Å². The third-order valence-electron chi connectivity index (χ3n) is 6.59. The van der Waals surface area contributed by atoms with Crippen molar-refractivity contribution < 1.29 is 18.8 Å². The summed E-state index contributed by atoms with van der Waals surface area (Å²) in [6, 6.07) is 20.2. The van der Waals surface area contributed by atoms with Crippen molar-refractivity contribution in [3.63, 3.8) is 0 Å². The number of thiazole rings is 1. The summed E-state index contributed by atoms with van der Waals surface area (Å²) in [4.78, 5) is 41.2. The number of hydrogen-bond donors (Lipinski definition) is 3. The van der Waals surface area contributed by atoms with Crippen LogP contribution in [0, 0.1) is 5.82 Å². The first-order chi connectivity index (χ1) is 18.9. The second kappa shape index (κ2) is 11.7. The number of rotatable bonds is 10. The van der Waals surface area contributed by atoms with Gasteiger partial charge in [-0.3, -0.25) is 14.4 Å². The van der Waals surface area contributed by atoms with Crippen LogP contribution in [0.5, 0.6) is 0 Å². The van der Waals surface area contributed by atoms with Crippen molar-refractivity contribution in [3.05, 3.63) is 83.1 Å². The van der Waals surface area contributed by atoms with Gasteiger partial charge in [-0.2, -0.15) is 0 Å². The van der Waals surface area contributed by atoms with Crippen LogP contribution in [0.15, 0.2) is 66.7 Å². The number of nitrogens with zero attached hydrogens (tertiary/aromatic N) is 1. The van der Waals surface area contributed by atoms with Gasteiger partial charge in [-0.1, -0.05) is 42.5 Å². The van der Waals surface area contributed by atoms with Gasteiger partial charge in [0.15, 0.2) is 0 Å². The highest BCUT2D eigenvalue weighted by Crippen LogP contribution is 2.33. The van der Waals surface area contributed by atoms with Crippen molar-refractivity contribution in [1.29, 1.82) is 0 Å². The second-order valence-electron chi connectivity index (χ2n) is 9.74. The Morgan fingerprint density at radius 2 is 1.77 bits per heavy atom. The van der Waals surface area contributed by atoms with E-state index in [-0.39, 0.29) is 30.3 Å². The lowest BCUT2D eigenvalue weighted by atomic mass is 10.0. The van der Waals surface area contributed by atoms with E-state index in [0.29, 0.717) is 40.2 Å². The standard InChI is InChI=1S/C30H29FN4O3S/c1-18(29(38)32-17-28(37)34-22-12-13-22)30-35-25-16-24(31)23(15-26(25)39-30)20-8-10-21(11-9-20)33-27(36)14-7-19-5-3-2-4-6-19/h2-6,8-11,15-16,18,22H,7,12-14,17H2,1H3,(H,32,38)(H,33,36)(H,34,37). The normalized spacial score (nSPS) is 13.6. The highest BCUT2D eigenvalue weighted by molar-refractivity contribution is 7.18. The number of amides is 3. The van der Waals surface area contributed by atoms with E-state index in [1.54, 1.807) is 37.3 Å². The van der Waals surface area contributed by atoms with Crippen molar-refractivity contribution in [1.82, 2.24) is 15.6 Å². The molecule has 1 atom stereocenters. The topological polar surface area (TPSA) is 100 Å². The SMILES string of the molecule is CC(C(=O)NCC(=O)NC1CC1)c1nc2cc(F)c(-c3ccc(NC(=O)CCc4ccccc4)cc3)cc2s1. The minimum absolute atomic E-state index is 0.0766. The number of anilines is 1. The molecule has 1 aromatic heterocycles. The van der Waals surface area contributed by atoms with Gasteiger partial charge >= 0.3 is 0 Å². The molecule has 0 saturated heterocycles. The van der Waals surface area contributed by atoms with E-state index in [4.69, 9.17) is 0 Å². The Morgan fingerprint density at radius 1 is 1.03 bits per heavy atom. The maximum absolute atomic E-state index is 15.0. The summed E-state index contributed by atoms with van der Waals surface area (Å²) in [6.07, 6.45) is 2.99. The summed E-state index contributed by atoms with van der Waals surface area (Å²) >= 11 is 1.33. The fourth-order valence-corrected chi connectivity index (χ4v) is 5.21. The Morgan fingerprint density at radius 3 is 2.49 bits per heavy atom. The molecule has 5 rings (SSSR count). The van der Waals surface area contributed by atoms with E-state index in [9.17, 15) is 14.4 Å². The molecule has 200 valence electrons. The zero-order valence-electron chi connectivity index (χ0n) is 21.5. The molecule has 0 bridgehead atoms. The molecule has 9 heteroatoms. The first-order valence-corrected chi connectivity index (χ1v) is 13.8. The lowest BCUT2D eigenvalue weighted by Crippen LogP contribution is -2.39. The molecule has 3 amide bonds. The lowest BCUT2D eigenvalue weighted by Gasteiger charge is -2.09. The number of halogens is 1. The predicted molar refractivity (Wildman–Crippen MR) is 151 cm³/mol. The van der Waals surface area contributed by atoms with Crippen LogP contribution in [0.3, 0.4) is 0 Å². The maximum atomic E-state index is 15.0. The molecule has 0 radical (unpaired) electrons. The smallest absolute Gasteiger partial charge is 0.239 e.